The van der Waals surface area contributed by atoms with Gasteiger partial charge in [0.25, 0.3) is 5.91 Å². The summed E-state index contributed by atoms with van der Waals surface area (Å²) in [7, 11) is 0. The molecule has 0 saturated carbocycles. The first-order valence-electron chi connectivity index (χ1n) is 11.3. The van der Waals surface area contributed by atoms with Gasteiger partial charge in [-0.2, -0.15) is 0 Å². The zero-order chi connectivity index (χ0) is 22.9. The van der Waals surface area contributed by atoms with E-state index in [4.69, 9.17) is 9.47 Å². The molecule has 0 aliphatic carbocycles. The molecule has 1 aliphatic heterocycles. The quantitative estimate of drug-likeness (QED) is 0.557. The Morgan fingerprint density at radius 1 is 1.06 bits per heavy atom. The highest BCUT2D eigenvalue weighted by Crippen LogP contribution is 2.29. The van der Waals surface area contributed by atoms with E-state index in [0.717, 1.165) is 43.5 Å². The molecule has 3 rings (SSSR count). The molecular weight excluding hydrogens is 404 g/mol. The number of hydrogen-bond acceptors (Lipinski definition) is 4. The van der Waals surface area contributed by atoms with Crippen LogP contribution in [0.25, 0.3) is 6.08 Å². The average molecular weight is 437 g/mol. The first-order chi connectivity index (χ1) is 15.5. The van der Waals surface area contributed by atoms with E-state index in [1.165, 1.54) is 6.08 Å². The van der Waals surface area contributed by atoms with Crippen molar-refractivity contribution in [2.75, 3.05) is 31.6 Å². The van der Waals surface area contributed by atoms with Crippen molar-refractivity contribution in [3.63, 3.8) is 0 Å². The van der Waals surface area contributed by atoms with Gasteiger partial charge in [-0.15, -0.1) is 0 Å². The lowest BCUT2D eigenvalue weighted by Crippen LogP contribution is -2.28. The molecule has 1 heterocycles. The van der Waals surface area contributed by atoms with Crippen molar-refractivity contribution in [2.24, 2.45) is 0 Å². The van der Waals surface area contributed by atoms with E-state index in [1.54, 1.807) is 12.1 Å². The van der Waals surface area contributed by atoms with Gasteiger partial charge in [-0.05, 0) is 74.6 Å². The summed E-state index contributed by atoms with van der Waals surface area (Å²) in [5.41, 5.74) is 2.89. The number of likely N-dealkylation sites (tertiary alicyclic amines) is 1. The third kappa shape index (κ3) is 5.90. The van der Waals surface area contributed by atoms with Crippen molar-refractivity contribution in [1.29, 1.82) is 0 Å². The smallest absolute Gasteiger partial charge is 0.254 e. The molecule has 2 aromatic rings. The van der Waals surface area contributed by atoms with Crippen molar-refractivity contribution in [3.8, 4) is 11.5 Å². The number of carbonyl (C=O) groups excluding carboxylic acids is 2. The summed E-state index contributed by atoms with van der Waals surface area (Å²) in [5.74, 6) is 1.13. The van der Waals surface area contributed by atoms with Crippen molar-refractivity contribution in [3.05, 3.63) is 59.2 Å². The molecule has 0 radical (unpaired) electrons. The minimum atomic E-state index is -0.261. The summed E-state index contributed by atoms with van der Waals surface area (Å²) in [6.45, 7) is 8.58. The fourth-order valence-corrected chi connectivity index (χ4v) is 3.67. The van der Waals surface area contributed by atoms with Crippen molar-refractivity contribution in [2.45, 2.75) is 40.0 Å². The lowest BCUT2D eigenvalue weighted by atomic mass is 10.1. The molecule has 1 aliphatic rings. The summed E-state index contributed by atoms with van der Waals surface area (Å²) < 4.78 is 11.4. The van der Waals surface area contributed by atoms with Crippen LogP contribution in [0.3, 0.4) is 0 Å². The monoisotopic (exact) mass is 436 g/mol. The number of nitrogens with zero attached hydrogens (tertiary/aromatic N) is 1. The molecule has 1 fully saturated rings. The summed E-state index contributed by atoms with van der Waals surface area (Å²) >= 11 is 0. The predicted molar refractivity (Wildman–Crippen MR) is 127 cm³/mol. The van der Waals surface area contributed by atoms with Gasteiger partial charge < -0.3 is 19.7 Å². The molecular formula is C26H32N2O4. The Balaban J connectivity index is 1.69. The Bertz CT molecular complexity index is 978. The topological polar surface area (TPSA) is 67.9 Å². The summed E-state index contributed by atoms with van der Waals surface area (Å²) in [4.78, 5) is 27.2. The predicted octanol–water partition coefficient (Wildman–Crippen LogP) is 5.07. The van der Waals surface area contributed by atoms with Crippen LogP contribution < -0.4 is 14.8 Å². The SMILES string of the molecule is CCCOc1ccc(/C=C/C(=O)Nc2cccc(C(=O)N3CCCC3)c2C)cc1OCC. The van der Waals surface area contributed by atoms with Gasteiger partial charge in [0, 0.05) is 30.4 Å². The summed E-state index contributed by atoms with van der Waals surface area (Å²) in [6, 6.07) is 11.0. The lowest BCUT2D eigenvalue weighted by Gasteiger charge is -2.18. The van der Waals surface area contributed by atoms with Gasteiger partial charge in [0.15, 0.2) is 11.5 Å². The van der Waals surface area contributed by atoms with Crippen LogP contribution in [0.1, 0.15) is 54.6 Å². The molecule has 2 aromatic carbocycles. The molecule has 0 spiro atoms. The lowest BCUT2D eigenvalue weighted by molar-refractivity contribution is -0.111. The molecule has 1 N–H and O–H groups in total. The van der Waals surface area contributed by atoms with E-state index in [9.17, 15) is 9.59 Å². The normalized spacial score (nSPS) is 13.4. The van der Waals surface area contributed by atoms with Crippen LogP contribution >= 0.6 is 0 Å². The molecule has 6 heteroatoms. The fraction of sp³-hybridized carbons (Fsp3) is 0.385. The Labute approximate surface area is 190 Å². The first kappa shape index (κ1) is 23.4. The maximum Gasteiger partial charge on any atom is 0.254 e. The van der Waals surface area contributed by atoms with Crippen molar-refractivity contribution in [1.82, 2.24) is 4.90 Å². The van der Waals surface area contributed by atoms with Gasteiger partial charge >= 0.3 is 0 Å². The molecule has 0 atom stereocenters. The van der Waals surface area contributed by atoms with E-state index < -0.39 is 0 Å². The maximum absolute atomic E-state index is 12.8. The van der Waals surface area contributed by atoms with Crippen LogP contribution in [-0.4, -0.2) is 43.0 Å². The molecule has 0 aromatic heterocycles. The number of rotatable bonds is 9. The molecule has 2 amide bonds. The van der Waals surface area contributed by atoms with Crippen LogP contribution in [0.5, 0.6) is 11.5 Å². The minimum absolute atomic E-state index is 0.0282. The number of benzene rings is 2. The highest BCUT2D eigenvalue weighted by Gasteiger charge is 2.21. The van der Waals surface area contributed by atoms with Crippen molar-refractivity contribution >= 4 is 23.6 Å². The molecule has 6 nitrogen and oxygen atoms in total. The minimum Gasteiger partial charge on any atom is -0.490 e. The highest BCUT2D eigenvalue weighted by atomic mass is 16.5. The number of anilines is 1. The highest BCUT2D eigenvalue weighted by molar-refractivity contribution is 6.04. The Morgan fingerprint density at radius 3 is 2.56 bits per heavy atom. The fourth-order valence-electron chi connectivity index (χ4n) is 3.67. The Morgan fingerprint density at radius 2 is 1.84 bits per heavy atom. The van der Waals surface area contributed by atoms with Crippen molar-refractivity contribution < 1.29 is 19.1 Å². The van der Waals surface area contributed by atoms with E-state index in [1.807, 2.05) is 49.1 Å². The maximum atomic E-state index is 12.8. The second-order valence-electron chi connectivity index (χ2n) is 7.79. The van der Waals surface area contributed by atoms with Crippen LogP contribution in [0.4, 0.5) is 5.69 Å². The second-order valence-corrected chi connectivity index (χ2v) is 7.79. The van der Waals surface area contributed by atoms with Gasteiger partial charge in [0.1, 0.15) is 0 Å². The first-order valence-corrected chi connectivity index (χ1v) is 11.3. The van der Waals surface area contributed by atoms with Crippen LogP contribution in [-0.2, 0) is 4.79 Å². The van der Waals surface area contributed by atoms with Crippen LogP contribution in [0, 0.1) is 6.92 Å². The number of hydrogen-bond donors (Lipinski definition) is 1. The zero-order valence-electron chi connectivity index (χ0n) is 19.1. The average Bonchev–Trinajstić information content (AvgIpc) is 3.33. The zero-order valence-corrected chi connectivity index (χ0v) is 19.1. The summed E-state index contributed by atoms with van der Waals surface area (Å²) in [5, 5.41) is 2.89. The van der Waals surface area contributed by atoms with Crippen LogP contribution in [0.15, 0.2) is 42.5 Å². The molecule has 32 heavy (non-hydrogen) atoms. The van der Waals surface area contributed by atoms with Gasteiger partial charge in [-0.1, -0.05) is 19.1 Å². The third-order valence-corrected chi connectivity index (χ3v) is 5.37. The Kier molecular flexibility index (Phi) is 8.31. The van der Waals surface area contributed by atoms with Gasteiger partial charge in [0.05, 0.1) is 13.2 Å². The van der Waals surface area contributed by atoms with Crippen LogP contribution in [0.2, 0.25) is 0 Å². The standard InChI is InChI=1S/C26H32N2O4/c1-4-17-32-23-13-11-20(18-24(23)31-5-2)12-14-25(29)27-22-10-8-9-21(19(22)3)26(30)28-15-6-7-16-28/h8-14,18H,4-7,15-17H2,1-3H3,(H,27,29)/b14-12+. The van der Waals surface area contributed by atoms with E-state index in [0.29, 0.717) is 36.0 Å². The van der Waals surface area contributed by atoms with Gasteiger partial charge in [0.2, 0.25) is 5.91 Å². The molecule has 170 valence electrons. The number of nitrogens with one attached hydrogen (secondary N) is 1. The number of carbonyl (C=O) groups is 2. The largest absolute Gasteiger partial charge is 0.490 e. The molecule has 1 saturated heterocycles. The number of amides is 2. The van der Waals surface area contributed by atoms with Gasteiger partial charge in [-0.3, -0.25) is 9.59 Å². The van der Waals surface area contributed by atoms with E-state index in [-0.39, 0.29) is 11.8 Å². The molecule has 0 bridgehead atoms. The molecule has 0 unspecified atom stereocenters. The number of ether oxygens (including phenoxy) is 2. The van der Waals surface area contributed by atoms with Gasteiger partial charge in [-0.25, -0.2) is 0 Å². The third-order valence-electron chi connectivity index (χ3n) is 5.37. The van der Waals surface area contributed by atoms with E-state index >= 15 is 0 Å². The second kappa shape index (κ2) is 11.4. The Hall–Kier alpha value is -3.28. The van der Waals surface area contributed by atoms with E-state index in [2.05, 4.69) is 12.2 Å². The summed E-state index contributed by atoms with van der Waals surface area (Å²) in [6.07, 6.45) is 6.21.